The van der Waals surface area contributed by atoms with Crippen molar-refractivity contribution in [2.75, 3.05) is 4.90 Å². The van der Waals surface area contributed by atoms with Gasteiger partial charge in [-0.15, -0.1) is 0 Å². The summed E-state index contributed by atoms with van der Waals surface area (Å²) in [5.74, 6) is 0.866. The molecule has 0 aliphatic rings. The van der Waals surface area contributed by atoms with Gasteiger partial charge in [0.2, 0.25) is 0 Å². The quantitative estimate of drug-likeness (QED) is 0.159. The van der Waals surface area contributed by atoms with Gasteiger partial charge in [0, 0.05) is 17.3 Å². The average Bonchev–Trinajstić information content (AvgIpc) is 3.30. The normalized spacial score (nSPS) is 11.5. The Morgan fingerprint density at radius 2 is 0.877 bits per heavy atom. The molecule has 2 nitrogen and oxygen atoms in total. The van der Waals surface area contributed by atoms with E-state index in [2.05, 4.69) is 211 Å². The lowest BCUT2D eigenvalue weighted by Gasteiger charge is -2.27. The van der Waals surface area contributed by atoms with Crippen LogP contribution in [0.5, 0.6) is 0 Å². The minimum Gasteiger partial charge on any atom is -0.294 e. The zero-order chi connectivity index (χ0) is 37.7. The fraction of sp³-hybridized carbons (Fsp3) is 0. The Morgan fingerprint density at radius 1 is 0.333 bits per heavy atom. The van der Waals surface area contributed by atoms with Gasteiger partial charge in [-0.3, -0.25) is 4.90 Å². The highest BCUT2D eigenvalue weighted by Gasteiger charge is 2.24. The molecular weight excluding hydrogens is 689 g/mol. The number of pyridine rings is 1. The van der Waals surface area contributed by atoms with Gasteiger partial charge in [0.15, 0.2) is 0 Å². The van der Waals surface area contributed by atoms with Crippen LogP contribution >= 0.6 is 0 Å². The molecule has 2 heteroatoms. The minimum atomic E-state index is 0.866. The van der Waals surface area contributed by atoms with Crippen LogP contribution in [0.4, 0.5) is 17.2 Å². The van der Waals surface area contributed by atoms with Gasteiger partial charge in [-0.2, -0.15) is 0 Å². The van der Waals surface area contributed by atoms with Crippen molar-refractivity contribution in [3.63, 3.8) is 0 Å². The number of rotatable bonds is 6. The van der Waals surface area contributed by atoms with Crippen LogP contribution < -0.4 is 4.90 Å². The predicted molar refractivity (Wildman–Crippen MR) is 243 cm³/mol. The zero-order valence-corrected chi connectivity index (χ0v) is 31.2. The third-order valence-corrected chi connectivity index (χ3v) is 11.4. The van der Waals surface area contributed by atoms with E-state index in [1.165, 1.54) is 87.2 Å². The number of benzene rings is 10. The van der Waals surface area contributed by atoms with Gasteiger partial charge in [0.1, 0.15) is 5.82 Å². The first-order valence-corrected chi connectivity index (χ1v) is 19.5. The van der Waals surface area contributed by atoms with Crippen molar-refractivity contribution in [2.24, 2.45) is 0 Å². The van der Waals surface area contributed by atoms with Crippen molar-refractivity contribution >= 4 is 71.1 Å². The summed E-state index contributed by atoms with van der Waals surface area (Å²) in [6.07, 6.45) is 1.89. The van der Waals surface area contributed by atoms with Crippen molar-refractivity contribution in [1.82, 2.24) is 4.98 Å². The smallest absolute Gasteiger partial charge is 0.137 e. The fourth-order valence-corrected chi connectivity index (χ4v) is 8.98. The van der Waals surface area contributed by atoms with Gasteiger partial charge in [-0.25, -0.2) is 4.98 Å². The second kappa shape index (κ2) is 13.6. The van der Waals surface area contributed by atoms with Crippen molar-refractivity contribution < 1.29 is 0 Å². The van der Waals surface area contributed by atoms with Crippen LogP contribution in [0.2, 0.25) is 0 Å². The molecule has 11 aromatic rings. The lowest BCUT2D eigenvalue weighted by Crippen LogP contribution is -2.12. The molecule has 0 radical (unpaired) electrons. The Hall–Kier alpha value is -7.55. The molecule has 266 valence electrons. The molecule has 11 rings (SSSR count). The van der Waals surface area contributed by atoms with Crippen LogP contribution in [0.15, 0.2) is 219 Å². The summed E-state index contributed by atoms with van der Waals surface area (Å²) in [6.45, 7) is 0. The standard InChI is InChI=1S/C55H36N2/c1-4-18-37(19-5-1)48-36-49(38-20-6-2-7-21-38)54-46-29-15-13-27-44(46)50-35-41(31-32-47(50)55(54)53(48)39-22-8-3-9-23-39)57(52-30-16-17-33-56-52)51-34-40-24-10-11-25-42(40)43-26-12-14-28-45(43)51/h1-36H. The number of nitrogens with zero attached hydrogens (tertiary/aromatic N) is 2. The monoisotopic (exact) mass is 724 g/mol. The lowest BCUT2D eigenvalue weighted by molar-refractivity contribution is 1.19. The molecule has 1 heterocycles. The number of hydrogen-bond acceptors (Lipinski definition) is 2. The van der Waals surface area contributed by atoms with Gasteiger partial charge in [0.05, 0.1) is 5.69 Å². The number of aromatic nitrogens is 1. The fourth-order valence-electron chi connectivity index (χ4n) is 8.98. The van der Waals surface area contributed by atoms with Crippen molar-refractivity contribution in [3.05, 3.63) is 219 Å². The largest absolute Gasteiger partial charge is 0.294 e. The maximum atomic E-state index is 4.98. The molecule has 1 aromatic heterocycles. The highest BCUT2D eigenvalue weighted by Crippen LogP contribution is 2.50. The minimum absolute atomic E-state index is 0.866. The lowest BCUT2D eigenvalue weighted by atomic mass is 9.81. The van der Waals surface area contributed by atoms with E-state index in [4.69, 9.17) is 4.98 Å². The molecule has 0 spiro atoms. The predicted octanol–water partition coefficient (Wildman–Crippen LogP) is 15.3. The molecule has 0 bridgehead atoms. The summed E-state index contributed by atoms with van der Waals surface area (Å²) in [4.78, 5) is 7.32. The molecule has 57 heavy (non-hydrogen) atoms. The summed E-state index contributed by atoms with van der Waals surface area (Å²) in [6, 6.07) is 77.0. The first-order chi connectivity index (χ1) is 28.3. The van der Waals surface area contributed by atoms with E-state index in [0.717, 1.165) is 17.2 Å². The Labute approximate surface area is 331 Å². The second-order valence-corrected chi connectivity index (χ2v) is 14.7. The van der Waals surface area contributed by atoms with E-state index >= 15 is 0 Å². The van der Waals surface area contributed by atoms with Crippen LogP contribution in [-0.2, 0) is 0 Å². The molecule has 10 aromatic carbocycles. The molecular formula is C55H36N2. The first kappa shape index (κ1) is 32.8. The SMILES string of the molecule is c1ccc(-c2cc(-c3ccccc3)c3c4ccccc4c4cc(N(c5ccccn5)c5cc6ccccc6c6ccccc56)ccc4c3c2-c2ccccc2)cc1. The Kier molecular flexibility index (Phi) is 7.86. The molecule has 0 fully saturated rings. The maximum Gasteiger partial charge on any atom is 0.137 e. The van der Waals surface area contributed by atoms with E-state index < -0.39 is 0 Å². The molecule has 0 unspecified atom stereocenters. The topological polar surface area (TPSA) is 16.1 Å². The second-order valence-electron chi connectivity index (χ2n) is 14.7. The Balaban J connectivity index is 1.30. The summed E-state index contributed by atoms with van der Waals surface area (Å²) in [5, 5.41) is 12.2. The number of anilines is 3. The number of fused-ring (bicyclic) bond motifs is 9. The van der Waals surface area contributed by atoms with Crippen molar-refractivity contribution in [1.29, 1.82) is 0 Å². The first-order valence-electron chi connectivity index (χ1n) is 19.5. The molecule has 0 aliphatic carbocycles. The van der Waals surface area contributed by atoms with Gasteiger partial charge in [-0.05, 0) is 118 Å². The highest BCUT2D eigenvalue weighted by molar-refractivity contribution is 6.33. The molecule has 0 amide bonds. The average molecular weight is 725 g/mol. The van der Waals surface area contributed by atoms with Gasteiger partial charge >= 0.3 is 0 Å². The molecule has 0 saturated heterocycles. The Bertz CT molecular complexity index is 3270. The summed E-state index contributed by atoms with van der Waals surface area (Å²) in [7, 11) is 0. The summed E-state index contributed by atoms with van der Waals surface area (Å²) in [5.41, 5.74) is 9.41. The van der Waals surface area contributed by atoms with E-state index in [9.17, 15) is 0 Å². The Morgan fingerprint density at radius 3 is 1.56 bits per heavy atom. The molecule has 0 N–H and O–H groups in total. The van der Waals surface area contributed by atoms with E-state index in [1.54, 1.807) is 0 Å². The summed E-state index contributed by atoms with van der Waals surface area (Å²) < 4.78 is 0. The zero-order valence-electron chi connectivity index (χ0n) is 31.2. The van der Waals surface area contributed by atoms with Crippen LogP contribution in [0.1, 0.15) is 0 Å². The van der Waals surface area contributed by atoms with E-state index in [-0.39, 0.29) is 0 Å². The summed E-state index contributed by atoms with van der Waals surface area (Å²) >= 11 is 0. The number of hydrogen-bond donors (Lipinski definition) is 0. The van der Waals surface area contributed by atoms with Crippen LogP contribution in [0, 0.1) is 0 Å². The van der Waals surface area contributed by atoms with E-state index in [0.29, 0.717) is 0 Å². The third-order valence-electron chi connectivity index (χ3n) is 11.4. The van der Waals surface area contributed by atoms with Crippen molar-refractivity contribution in [2.45, 2.75) is 0 Å². The van der Waals surface area contributed by atoms with Crippen LogP contribution in [0.3, 0.4) is 0 Å². The maximum absolute atomic E-state index is 4.98. The highest BCUT2D eigenvalue weighted by atomic mass is 15.2. The molecule has 0 aliphatic heterocycles. The third kappa shape index (κ3) is 5.45. The van der Waals surface area contributed by atoms with Gasteiger partial charge in [-0.1, -0.05) is 176 Å². The van der Waals surface area contributed by atoms with Crippen LogP contribution in [0.25, 0.3) is 87.2 Å². The van der Waals surface area contributed by atoms with E-state index in [1.807, 2.05) is 12.3 Å². The van der Waals surface area contributed by atoms with Crippen molar-refractivity contribution in [3.8, 4) is 33.4 Å². The molecule has 0 atom stereocenters. The van der Waals surface area contributed by atoms with Gasteiger partial charge < -0.3 is 0 Å². The van der Waals surface area contributed by atoms with Gasteiger partial charge in [0.25, 0.3) is 0 Å². The molecule has 0 saturated carbocycles. The van der Waals surface area contributed by atoms with Crippen LogP contribution in [-0.4, -0.2) is 4.98 Å².